The van der Waals surface area contributed by atoms with Gasteiger partial charge in [-0.05, 0) is 25.3 Å². The summed E-state index contributed by atoms with van der Waals surface area (Å²) < 4.78 is 3.07. The monoisotopic (exact) mass is 255 g/mol. The summed E-state index contributed by atoms with van der Waals surface area (Å²) in [6.45, 7) is 15.3. The van der Waals surface area contributed by atoms with E-state index in [1.165, 1.54) is 5.69 Å². The first-order valence-corrected chi connectivity index (χ1v) is 6.82. The van der Waals surface area contributed by atoms with Crippen LogP contribution in [0.3, 0.4) is 0 Å². The van der Waals surface area contributed by atoms with Crippen LogP contribution in [0.2, 0.25) is 0 Å². The molecular formula is C13H25N3S. The van der Waals surface area contributed by atoms with Gasteiger partial charge in [0.05, 0.1) is 0 Å². The number of likely N-dealkylation sites (N-methyl/N-ethyl adjacent to an activating group) is 1. The summed E-state index contributed by atoms with van der Waals surface area (Å²) in [5, 5.41) is 0. The van der Waals surface area contributed by atoms with Crippen LogP contribution in [0.4, 0.5) is 0 Å². The van der Waals surface area contributed by atoms with Crippen molar-refractivity contribution in [2.45, 2.75) is 46.6 Å². The standard InChI is InChI=1S/C13H25N3S/c1-6-15(7-2)8-9-16-11(13(3,4)5)10-14-12(16)17/h10H,6-9H2,1-5H3,(H,14,17). The van der Waals surface area contributed by atoms with Crippen molar-refractivity contribution in [1.29, 1.82) is 0 Å². The van der Waals surface area contributed by atoms with Crippen LogP contribution in [-0.4, -0.2) is 34.1 Å². The zero-order chi connectivity index (χ0) is 13.1. The molecule has 1 rings (SSSR count). The second kappa shape index (κ2) is 5.83. The maximum atomic E-state index is 5.36. The third kappa shape index (κ3) is 3.68. The minimum atomic E-state index is 0.136. The topological polar surface area (TPSA) is 24.0 Å². The van der Waals surface area contributed by atoms with E-state index in [-0.39, 0.29) is 5.41 Å². The molecule has 0 aromatic carbocycles. The number of rotatable bonds is 5. The minimum Gasteiger partial charge on any atom is -0.337 e. The molecule has 0 radical (unpaired) electrons. The summed E-state index contributed by atoms with van der Waals surface area (Å²) in [7, 11) is 0. The fourth-order valence-corrected chi connectivity index (χ4v) is 2.27. The van der Waals surface area contributed by atoms with Gasteiger partial charge in [-0.15, -0.1) is 0 Å². The summed E-state index contributed by atoms with van der Waals surface area (Å²) in [5.41, 5.74) is 1.42. The lowest BCUT2D eigenvalue weighted by Gasteiger charge is -2.23. The van der Waals surface area contributed by atoms with Crippen molar-refractivity contribution in [1.82, 2.24) is 14.5 Å². The number of hydrogen-bond acceptors (Lipinski definition) is 2. The fourth-order valence-electron chi connectivity index (χ4n) is 2.02. The van der Waals surface area contributed by atoms with Crippen LogP contribution < -0.4 is 0 Å². The third-order valence-electron chi connectivity index (χ3n) is 3.17. The quantitative estimate of drug-likeness (QED) is 0.817. The molecule has 0 aliphatic carbocycles. The van der Waals surface area contributed by atoms with E-state index < -0.39 is 0 Å². The molecule has 0 fully saturated rings. The Kier molecular flexibility index (Phi) is 4.95. The Morgan fingerprint density at radius 1 is 1.29 bits per heavy atom. The van der Waals surface area contributed by atoms with Crippen LogP contribution in [-0.2, 0) is 12.0 Å². The molecule has 0 unspecified atom stereocenters. The molecule has 0 aliphatic rings. The summed E-state index contributed by atoms with van der Waals surface area (Å²) in [6, 6.07) is 0. The van der Waals surface area contributed by atoms with Crippen molar-refractivity contribution in [2.24, 2.45) is 0 Å². The van der Waals surface area contributed by atoms with E-state index in [0.29, 0.717) is 0 Å². The van der Waals surface area contributed by atoms with Gasteiger partial charge < -0.3 is 14.5 Å². The highest BCUT2D eigenvalue weighted by Gasteiger charge is 2.19. The van der Waals surface area contributed by atoms with Crippen LogP contribution >= 0.6 is 12.2 Å². The van der Waals surface area contributed by atoms with E-state index in [9.17, 15) is 0 Å². The van der Waals surface area contributed by atoms with Crippen LogP contribution in [0, 0.1) is 4.77 Å². The Morgan fingerprint density at radius 2 is 1.88 bits per heavy atom. The second-order valence-electron chi connectivity index (χ2n) is 5.41. The maximum Gasteiger partial charge on any atom is 0.177 e. The zero-order valence-electron chi connectivity index (χ0n) is 11.7. The van der Waals surface area contributed by atoms with Gasteiger partial charge in [0.2, 0.25) is 0 Å². The molecule has 0 aliphatic heterocycles. The molecule has 1 aromatic heterocycles. The van der Waals surface area contributed by atoms with Crippen LogP contribution in [0.5, 0.6) is 0 Å². The molecule has 0 saturated heterocycles. The van der Waals surface area contributed by atoms with E-state index in [1.54, 1.807) is 0 Å². The molecule has 0 amide bonds. The molecule has 0 bridgehead atoms. The highest BCUT2D eigenvalue weighted by molar-refractivity contribution is 7.71. The van der Waals surface area contributed by atoms with Crippen molar-refractivity contribution in [3.8, 4) is 0 Å². The molecule has 1 N–H and O–H groups in total. The van der Waals surface area contributed by atoms with E-state index in [0.717, 1.165) is 31.0 Å². The predicted molar refractivity (Wildman–Crippen MR) is 76.1 cm³/mol. The Morgan fingerprint density at radius 3 is 2.35 bits per heavy atom. The predicted octanol–water partition coefficient (Wildman–Crippen LogP) is 3.18. The number of H-pyrrole nitrogens is 1. The number of nitrogens with one attached hydrogen (secondary N) is 1. The van der Waals surface area contributed by atoms with E-state index in [2.05, 4.69) is 49.1 Å². The normalized spacial score (nSPS) is 12.4. The van der Waals surface area contributed by atoms with Gasteiger partial charge in [0.15, 0.2) is 4.77 Å². The lowest BCUT2D eigenvalue weighted by atomic mass is 9.92. The van der Waals surface area contributed by atoms with Crippen LogP contribution in [0.1, 0.15) is 40.3 Å². The Hall–Kier alpha value is -0.610. The first kappa shape index (κ1) is 14.5. The Balaban J connectivity index is 2.84. The summed E-state index contributed by atoms with van der Waals surface area (Å²) in [4.78, 5) is 5.58. The molecule has 0 saturated carbocycles. The molecular weight excluding hydrogens is 230 g/mol. The fraction of sp³-hybridized carbons (Fsp3) is 0.769. The highest BCUT2D eigenvalue weighted by Crippen LogP contribution is 2.22. The highest BCUT2D eigenvalue weighted by atomic mass is 32.1. The SMILES string of the molecule is CCN(CC)CCn1c(C(C)(C)C)c[nH]c1=S. The maximum absolute atomic E-state index is 5.36. The average Bonchev–Trinajstić information content (AvgIpc) is 2.61. The van der Waals surface area contributed by atoms with Gasteiger partial charge in [0.1, 0.15) is 0 Å². The van der Waals surface area contributed by atoms with Crippen LogP contribution in [0.25, 0.3) is 0 Å². The number of hydrogen-bond donors (Lipinski definition) is 1. The van der Waals surface area contributed by atoms with Gasteiger partial charge in [-0.1, -0.05) is 34.6 Å². The van der Waals surface area contributed by atoms with Gasteiger partial charge in [-0.25, -0.2) is 0 Å². The first-order valence-electron chi connectivity index (χ1n) is 6.41. The summed E-state index contributed by atoms with van der Waals surface area (Å²) in [6.07, 6.45) is 2.05. The number of imidazole rings is 1. The molecule has 17 heavy (non-hydrogen) atoms. The van der Waals surface area contributed by atoms with Crippen molar-refractivity contribution in [3.63, 3.8) is 0 Å². The number of nitrogens with zero attached hydrogens (tertiary/aromatic N) is 2. The van der Waals surface area contributed by atoms with Gasteiger partial charge in [0, 0.05) is 30.4 Å². The second-order valence-corrected chi connectivity index (χ2v) is 5.79. The Bertz CT molecular complexity index is 394. The molecule has 1 aromatic rings. The number of aromatic amines is 1. The van der Waals surface area contributed by atoms with E-state index in [4.69, 9.17) is 12.2 Å². The smallest absolute Gasteiger partial charge is 0.177 e. The average molecular weight is 255 g/mol. The first-order chi connectivity index (χ1) is 7.90. The van der Waals surface area contributed by atoms with Crippen molar-refractivity contribution in [2.75, 3.05) is 19.6 Å². The van der Waals surface area contributed by atoms with E-state index in [1.807, 2.05) is 6.20 Å². The van der Waals surface area contributed by atoms with Gasteiger partial charge >= 0.3 is 0 Å². The zero-order valence-corrected chi connectivity index (χ0v) is 12.5. The Labute approximate surface area is 110 Å². The molecule has 1 heterocycles. The molecule has 0 spiro atoms. The molecule has 98 valence electrons. The summed E-state index contributed by atoms with van der Waals surface area (Å²) in [5.74, 6) is 0. The van der Waals surface area contributed by atoms with E-state index >= 15 is 0 Å². The summed E-state index contributed by atoms with van der Waals surface area (Å²) >= 11 is 5.36. The van der Waals surface area contributed by atoms with Crippen molar-refractivity contribution < 1.29 is 0 Å². The molecule has 4 heteroatoms. The molecule has 0 atom stereocenters. The minimum absolute atomic E-state index is 0.136. The third-order valence-corrected chi connectivity index (χ3v) is 3.51. The van der Waals surface area contributed by atoms with Gasteiger partial charge in [0.25, 0.3) is 0 Å². The lowest BCUT2D eigenvalue weighted by Crippen LogP contribution is -2.28. The van der Waals surface area contributed by atoms with Crippen LogP contribution in [0.15, 0.2) is 6.20 Å². The van der Waals surface area contributed by atoms with Gasteiger partial charge in [-0.2, -0.15) is 0 Å². The number of aromatic nitrogens is 2. The molecule has 3 nitrogen and oxygen atoms in total. The van der Waals surface area contributed by atoms with Crippen molar-refractivity contribution in [3.05, 3.63) is 16.7 Å². The van der Waals surface area contributed by atoms with Gasteiger partial charge in [-0.3, -0.25) is 0 Å². The lowest BCUT2D eigenvalue weighted by molar-refractivity contribution is 0.286. The largest absolute Gasteiger partial charge is 0.337 e. The van der Waals surface area contributed by atoms with Crippen molar-refractivity contribution >= 4 is 12.2 Å².